The molecule has 0 aromatic heterocycles. The molecule has 8 heteroatoms. The third-order valence-electron chi connectivity index (χ3n) is 7.69. The van der Waals surface area contributed by atoms with Gasteiger partial charge in [-0.25, -0.2) is 9.59 Å². The monoisotopic (exact) mass is 620 g/mol. The fraction of sp³-hybridized carbons (Fsp3) is 0.429. The predicted molar refractivity (Wildman–Crippen MR) is 130 cm³/mol. The topological polar surface area (TPSA) is 68.3 Å². The van der Waals surface area contributed by atoms with E-state index in [2.05, 4.69) is 0 Å². The average molecular weight is 622 g/mol. The van der Waals surface area contributed by atoms with Crippen LogP contribution in [-0.2, 0) is 32.0 Å². The quantitative estimate of drug-likeness (QED) is 0.337. The van der Waals surface area contributed by atoms with E-state index in [0.29, 0.717) is 73.7 Å². The van der Waals surface area contributed by atoms with Gasteiger partial charge in [-0.3, -0.25) is 18.6 Å². The molecule has 194 valence electrons. The molecule has 2 aliphatic heterocycles. The van der Waals surface area contributed by atoms with Crippen LogP contribution in [0.1, 0.15) is 36.8 Å². The van der Waals surface area contributed by atoms with Crippen molar-refractivity contribution in [1.82, 2.24) is 0 Å². The van der Waals surface area contributed by atoms with E-state index in [1.807, 2.05) is 62.6 Å². The van der Waals surface area contributed by atoms with Crippen LogP contribution in [0.4, 0.5) is 0 Å². The molecule has 2 fully saturated rings. The van der Waals surface area contributed by atoms with Gasteiger partial charge in [-0.15, -0.1) is 0 Å². The van der Waals surface area contributed by atoms with Crippen LogP contribution in [0.5, 0.6) is 0 Å². The molecule has 2 aromatic carbocycles. The highest BCUT2D eigenvalue weighted by molar-refractivity contribution is 5.81. The van der Waals surface area contributed by atoms with E-state index in [0.717, 1.165) is 22.3 Å². The number of quaternary nitrogens is 2. The summed E-state index contributed by atoms with van der Waals surface area (Å²) < 4.78 is 0.670. The van der Waals surface area contributed by atoms with Gasteiger partial charge in [-0.05, 0) is 22.3 Å². The molecule has 36 heavy (non-hydrogen) atoms. The Morgan fingerprint density at radius 3 is 1.14 bits per heavy atom. The van der Waals surface area contributed by atoms with Crippen LogP contribution >= 0.6 is 0 Å². The second kappa shape index (κ2) is 12.5. The van der Waals surface area contributed by atoms with E-state index >= 15 is 0 Å². The Labute approximate surface area is 234 Å². The van der Waals surface area contributed by atoms with Crippen LogP contribution in [0.2, 0.25) is 0 Å². The molecular weight excluding hydrogens is 588 g/mol. The number of piperidine rings is 2. The molecule has 2 aromatic rings. The first-order valence-electron chi connectivity index (χ1n) is 12.1. The molecule has 6 nitrogen and oxygen atoms in total. The highest BCUT2D eigenvalue weighted by Crippen LogP contribution is 2.23. The SMILES string of the molecule is C[N+]1(C(=O)Cc2ccc(-c3ccc(CC(=O)[N+]4(C)CCC(=O)CC4)cc3)cc2)CCC(=O)CC1.[Br-].[Br-]. The molecule has 4 rings (SSSR count). The van der Waals surface area contributed by atoms with E-state index in [1.54, 1.807) is 0 Å². The molecule has 0 bridgehead atoms. The molecule has 2 heterocycles. The first-order chi connectivity index (χ1) is 16.2. The Morgan fingerprint density at radius 1 is 0.583 bits per heavy atom. The second-order valence-corrected chi connectivity index (χ2v) is 10.3. The fourth-order valence-corrected chi connectivity index (χ4v) is 4.82. The zero-order valence-corrected chi connectivity index (χ0v) is 24.1. The molecule has 0 saturated carbocycles. The summed E-state index contributed by atoms with van der Waals surface area (Å²) in [5, 5.41) is 0. The Hall–Kier alpha value is -2.00. The summed E-state index contributed by atoms with van der Waals surface area (Å²) in [5.74, 6) is 0.816. The van der Waals surface area contributed by atoms with E-state index in [1.165, 1.54) is 0 Å². The minimum atomic E-state index is 0. The fourth-order valence-electron chi connectivity index (χ4n) is 4.82. The van der Waals surface area contributed by atoms with Gasteiger partial charge in [0.05, 0.1) is 78.8 Å². The number of halogens is 2. The largest absolute Gasteiger partial charge is 1.00 e. The number of Topliss-reactive ketones (excluding diaryl/α,β-unsaturated/α-hetero) is 2. The summed E-state index contributed by atoms with van der Waals surface area (Å²) in [6.07, 6.45) is 2.69. The normalized spacial score (nSPS) is 18.5. The van der Waals surface area contributed by atoms with Gasteiger partial charge < -0.3 is 34.0 Å². The van der Waals surface area contributed by atoms with E-state index < -0.39 is 0 Å². The Bertz CT molecular complexity index is 1000. The van der Waals surface area contributed by atoms with E-state index in [9.17, 15) is 19.2 Å². The maximum atomic E-state index is 12.8. The van der Waals surface area contributed by atoms with Crippen molar-refractivity contribution in [2.75, 3.05) is 40.3 Å². The zero-order valence-electron chi connectivity index (χ0n) is 21.0. The van der Waals surface area contributed by atoms with E-state index in [4.69, 9.17) is 0 Å². The minimum Gasteiger partial charge on any atom is -1.00 e. The number of likely N-dealkylation sites (tertiary alicyclic amines) is 2. The van der Waals surface area contributed by atoms with Gasteiger partial charge >= 0.3 is 11.8 Å². The standard InChI is InChI=1S/C28H34N2O4.2BrH/c1-29(15-11-25(31)12-16-29)27(33)19-21-3-7-23(8-4-21)24-9-5-22(6-10-24)20-28(34)30(2)17-13-26(32)14-18-30;;/h3-10H,11-20H2,1-2H3;2*1H/q+2;;/p-2. The van der Waals surface area contributed by atoms with Crippen LogP contribution in [-0.4, -0.2) is 72.6 Å². The number of nitrogens with zero attached hydrogens (tertiary/aromatic N) is 2. The summed E-state index contributed by atoms with van der Waals surface area (Å²) >= 11 is 0. The predicted octanol–water partition coefficient (Wildman–Crippen LogP) is -2.88. The van der Waals surface area contributed by atoms with Gasteiger partial charge in [-0.1, -0.05) is 48.5 Å². The smallest absolute Gasteiger partial charge is 0.317 e. The molecule has 0 N–H and O–H groups in total. The third kappa shape index (κ3) is 7.06. The van der Waals surface area contributed by atoms with Crippen molar-refractivity contribution in [2.45, 2.75) is 38.5 Å². The van der Waals surface area contributed by atoms with Crippen LogP contribution in [0.25, 0.3) is 11.1 Å². The van der Waals surface area contributed by atoms with Crippen molar-refractivity contribution in [3.63, 3.8) is 0 Å². The van der Waals surface area contributed by atoms with Crippen molar-refractivity contribution in [3.05, 3.63) is 59.7 Å². The molecule has 0 aliphatic carbocycles. The molecule has 2 amide bonds. The highest BCUT2D eigenvalue weighted by atomic mass is 79.9. The van der Waals surface area contributed by atoms with Crippen LogP contribution in [0, 0.1) is 0 Å². The van der Waals surface area contributed by atoms with Crippen LogP contribution in [0.3, 0.4) is 0 Å². The number of hydrogen-bond acceptors (Lipinski definition) is 4. The van der Waals surface area contributed by atoms with Crippen molar-refractivity contribution in [3.8, 4) is 11.1 Å². The summed E-state index contributed by atoms with van der Waals surface area (Å²) in [4.78, 5) is 48.7. The van der Waals surface area contributed by atoms with Gasteiger partial charge in [0.15, 0.2) is 0 Å². The highest BCUT2D eigenvalue weighted by Gasteiger charge is 2.36. The number of hydrogen-bond donors (Lipinski definition) is 0. The molecule has 2 aliphatic rings. The van der Waals surface area contributed by atoms with Crippen molar-refractivity contribution in [2.24, 2.45) is 0 Å². The number of carbonyl (C=O) groups is 4. The number of likely N-dealkylation sites (N-methyl/N-ethyl adjacent to an activating group) is 2. The molecular formula is C28H34Br2N2O4. The number of rotatable bonds is 5. The summed E-state index contributed by atoms with van der Waals surface area (Å²) in [6.45, 7) is 2.39. The molecule has 0 unspecified atom stereocenters. The minimum absolute atomic E-state index is 0. The first-order valence-corrected chi connectivity index (χ1v) is 12.1. The first kappa shape index (κ1) is 30.2. The third-order valence-corrected chi connectivity index (χ3v) is 7.69. The Balaban J connectivity index is 0.00000228. The van der Waals surface area contributed by atoms with Gasteiger partial charge in [0.2, 0.25) is 0 Å². The lowest BCUT2D eigenvalue weighted by atomic mass is 9.99. The van der Waals surface area contributed by atoms with Gasteiger partial charge in [-0.2, -0.15) is 0 Å². The number of amides is 2. The van der Waals surface area contributed by atoms with E-state index in [-0.39, 0.29) is 57.3 Å². The maximum absolute atomic E-state index is 12.8. The molecule has 0 radical (unpaired) electrons. The Kier molecular flexibility index (Phi) is 10.5. The van der Waals surface area contributed by atoms with Crippen molar-refractivity contribution in [1.29, 1.82) is 0 Å². The lowest BCUT2D eigenvalue weighted by Gasteiger charge is -2.34. The van der Waals surface area contributed by atoms with Crippen molar-refractivity contribution >= 4 is 23.4 Å². The number of carbonyl (C=O) groups excluding carboxylic acids is 4. The maximum Gasteiger partial charge on any atom is 0.317 e. The molecule has 2 saturated heterocycles. The number of benzene rings is 2. The second-order valence-electron chi connectivity index (χ2n) is 10.3. The van der Waals surface area contributed by atoms with Gasteiger partial charge in [0.25, 0.3) is 0 Å². The summed E-state index contributed by atoms with van der Waals surface area (Å²) in [5.41, 5.74) is 4.08. The molecule has 0 atom stereocenters. The van der Waals surface area contributed by atoms with Crippen LogP contribution in [0.15, 0.2) is 48.5 Å². The molecule has 0 spiro atoms. The van der Waals surface area contributed by atoms with Crippen molar-refractivity contribution < 1.29 is 62.1 Å². The number of ketones is 2. The van der Waals surface area contributed by atoms with Crippen LogP contribution < -0.4 is 34.0 Å². The average Bonchev–Trinajstić information content (AvgIpc) is 2.84. The Morgan fingerprint density at radius 2 is 0.861 bits per heavy atom. The summed E-state index contributed by atoms with van der Waals surface area (Å²) in [7, 11) is 3.87. The van der Waals surface area contributed by atoms with Gasteiger partial charge in [0, 0.05) is 0 Å². The summed E-state index contributed by atoms with van der Waals surface area (Å²) in [6, 6.07) is 16.1. The zero-order chi connectivity index (χ0) is 24.3. The van der Waals surface area contributed by atoms with Gasteiger partial charge in [0.1, 0.15) is 11.6 Å². The lowest BCUT2D eigenvalue weighted by Crippen LogP contribution is -3.00. The lowest BCUT2D eigenvalue weighted by molar-refractivity contribution is -0.836.